The van der Waals surface area contributed by atoms with Crippen molar-refractivity contribution in [3.63, 3.8) is 0 Å². The van der Waals surface area contributed by atoms with Crippen molar-refractivity contribution >= 4 is 29.2 Å². The van der Waals surface area contributed by atoms with Crippen LogP contribution in [-0.2, 0) is 12.3 Å². The topological polar surface area (TPSA) is 70.6 Å². The Morgan fingerprint density at radius 1 is 0.872 bits per heavy atom. The number of methoxy groups -OCH3 is 1. The molecule has 0 saturated carbocycles. The Labute approximate surface area is 234 Å². The summed E-state index contributed by atoms with van der Waals surface area (Å²) in [4.78, 5) is 27.0. The lowest BCUT2D eigenvalue weighted by Crippen LogP contribution is -2.46. The van der Waals surface area contributed by atoms with Gasteiger partial charge in [-0.3, -0.25) is 4.79 Å². The van der Waals surface area contributed by atoms with Crippen molar-refractivity contribution in [2.45, 2.75) is 24.4 Å². The molecule has 1 aliphatic heterocycles. The van der Waals surface area contributed by atoms with Crippen LogP contribution < -0.4 is 19.9 Å². The Bertz CT molecular complexity index is 1390. The van der Waals surface area contributed by atoms with Crippen molar-refractivity contribution in [3.8, 4) is 5.75 Å². The number of hydrogen-bond donors (Lipinski definition) is 1. The van der Waals surface area contributed by atoms with E-state index in [0.717, 1.165) is 59.7 Å². The Morgan fingerprint density at radius 2 is 1.59 bits per heavy atom. The normalized spacial score (nSPS) is 13.3. The van der Waals surface area contributed by atoms with Gasteiger partial charge < -0.3 is 19.9 Å². The fourth-order valence-electron chi connectivity index (χ4n) is 4.57. The van der Waals surface area contributed by atoms with Gasteiger partial charge in [0, 0.05) is 61.5 Å². The predicted octanol–water partition coefficient (Wildman–Crippen LogP) is 5.34. The van der Waals surface area contributed by atoms with Crippen molar-refractivity contribution in [2.75, 3.05) is 43.1 Å². The molecule has 0 spiro atoms. The van der Waals surface area contributed by atoms with Gasteiger partial charge >= 0.3 is 0 Å². The lowest BCUT2D eigenvalue weighted by Gasteiger charge is -2.36. The molecule has 2 heterocycles. The van der Waals surface area contributed by atoms with Gasteiger partial charge in [0.1, 0.15) is 11.6 Å². The molecule has 39 heavy (non-hydrogen) atoms. The first-order valence-electron chi connectivity index (χ1n) is 13.1. The summed E-state index contributed by atoms with van der Waals surface area (Å²) in [5.41, 5.74) is 4.96. The van der Waals surface area contributed by atoms with E-state index >= 15 is 0 Å². The first kappa shape index (κ1) is 26.6. The van der Waals surface area contributed by atoms with Gasteiger partial charge in [-0.25, -0.2) is 9.97 Å². The van der Waals surface area contributed by atoms with Crippen molar-refractivity contribution in [1.82, 2.24) is 15.3 Å². The molecule has 1 saturated heterocycles. The van der Waals surface area contributed by atoms with E-state index in [1.54, 1.807) is 18.9 Å². The minimum atomic E-state index is -0.0754. The molecule has 1 aromatic heterocycles. The second kappa shape index (κ2) is 12.7. The molecule has 3 aromatic carbocycles. The summed E-state index contributed by atoms with van der Waals surface area (Å²) >= 11 is 1.59. The zero-order valence-corrected chi connectivity index (χ0v) is 23.2. The number of amides is 1. The highest BCUT2D eigenvalue weighted by Crippen LogP contribution is 2.25. The number of ether oxygens (including phenoxy) is 1. The molecule has 8 heteroatoms. The molecule has 5 rings (SSSR count). The van der Waals surface area contributed by atoms with Gasteiger partial charge in [0.2, 0.25) is 0 Å². The lowest BCUT2D eigenvalue weighted by molar-refractivity contribution is 0.0951. The summed E-state index contributed by atoms with van der Waals surface area (Å²) in [7, 11) is 1.69. The number of aryl methyl sites for hydroxylation is 1. The second-order valence-electron chi connectivity index (χ2n) is 9.48. The SMILES string of the molecule is COc1ccc(N2CCN(c3cc(C)nc(SCc4cccc(C(=O)NCc5ccccc5)c4)n3)CC2)cc1. The van der Waals surface area contributed by atoms with E-state index in [2.05, 4.69) is 38.3 Å². The first-order valence-corrected chi connectivity index (χ1v) is 14.1. The fourth-order valence-corrected chi connectivity index (χ4v) is 5.41. The summed E-state index contributed by atoms with van der Waals surface area (Å²) in [6.45, 7) is 6.17. The maximum atomic E-state index is 12.7. The van der Waals surface area contributed by atoms with Crippen molar-refractivity contribution in [3.05, 3.63) is 107 Å². The number of aromatic nitrogens is 2. The average Bonchev–Trinajstić information content (AvgIpc) is 2.99. The summed E-state index contributed by atoms with van der Waals surface area (Å²) in [6, 6.07) is 28.0. The number of thioether (sulfide) groups is 1. The Morgan fingerprint density at radius 3 is 2.33 bits per heavy atom. The molecule has 200 valence electrons. The summed E-state index contributed by atoms with van der Waals surface area (Å²) in [5, 5.41) is 3.75. The maximum absolute atomic E-state index is 12.7. The monoisotopic (exact) mass is 539 g/mol. The third-order valence-corrected chi connectivity index (χ3v) is 7.63. The highest BCUT2D eigenvalue weighted by atomic mass is 32.2. The largest absolute Gasteiger partial charge is 0.497 e. The van der Waals surface area contributed by atoms with Crippen LogP contribution in [0.3, 0.4) is 0 Å². The number of anilines is 2. The molecular weight excluding hydrogens is 506 g/mol. The minimum absolute atomic E-state index is 0.0754. The van der Waals surface area contributed by atoms with Gasteiger partial charge in [-0.1, -0.05) is 54.2 Å². The summed E-state index contributed by atoms with van der Waals surface area (Å²) in [6.07, 6.45) is 0. The molecular formula is C31H33N5O2S. The molecule has 4 aromatic rings. The maximum Gasteiger partial charge on any atom is 0.251 e. The van der Waals surface area contributed by atoms with E-state index in [4.69, 9.17) is 9.72 Å². The second-order valence-corrected chi connectivity index (χ2v) is 10.4. The van der Waals surface area contributed by atoms with E-state index < -0.39 is 0 Å². The van der Waals surface area contributed by atoms with Crippen LogP contribution in [0.4, 0.5) is 11.5 Å². The number of carbonyl (C=O) groups is 1. The molecule has 0 radical (unpaired) electrons. The molecule has 1 fully saturated rings. The van der Waals surface area contributed by atoms with Crippen LogP contribution >= 0.6 is 11.8 Å². The zero-order valence-electron chi connectivity index (χ0n) is 22.3. The molecule has 7 nitrogen and oxygen atoms in total. The van der Waals surface area contributed by atoms with Crippen molar-refractivity contribution in [1.29, 1.82) is 0 Å². The molecule has 0 bridgehead atoms. The fraction of sp³-hybridized carbons (Fsp3) is 0.258. The molecule has 1 amide bonds. The number of nitrogens with zero attached hydrogens (tertiary/aromatic N) is 4. The number of nitrogens with one attached hydrogen (secondary N) is 1. The third kappa shape index (κ3) is 7.09. The average molecular weight is 540 g/mol. The van der Waals surface area contributed by atoms with E-state index in [1.807, 2.05) is 73.7 Å². The van der Waals surface area contributed by atoms with Crippen LogP contribution in [0.5, 0.6) is 5.75 Å². The summed E-state index contributed by atoms with van der Waals surface area (Å²) in [5.74, 6) is 2.45. The number of benzene rings is 3. The number of carbonyl (C=O) groups excluding carboxylic acids is 1. The predicted molar refractivity (Wildman–Crippen MR) is 158 cm³/mol. The van der Waals surface area contributed by atoms with Gasteiger partial charge in [0.25, 0.3) is 5.91 Å². The van der Waals surface area contributed by atoms with Gasteiger partial charge in [-0.05, 0) is 54.4 Å². The van der Waals surface area contributed by atoms with Crippen molar-refractivity contribution in [2.24, 2.45) is 0 Å². The van der Waals surface area contributed by atoms with Crippen LogP contribution in [0.15, 0.2) is 90.1 Å². The third-order valence-electron chi connectivity index (χ3n) is 6.71. The smallest absolute Gasteiger partial charge is 0.251 e. The van der Waals surface area contributed by atoms with Crippen LogP contribution in [0, 0.1) is 6.92 Å². The zero-order chi connectivity index (χ0) is 27.0. The van der Waals surface area contributed by atoms with E-state index in [9.17, 15) is 4.79 Å². The van der Waals surface area contributed by atoms with Gasteiger partial charge in [0.15, 0.2) is 5.16 Å². The Balaban J connectivity index is 1.17. The lowest BCUT2D eigenvalue weighted by atomic mass is 10.1. The highest BCUT2D eigenvalue weighted by molar-refractivity contribution is 7.98. The molecule has 1 aliphatic rings. The van der Waals surface area contributed by atoms with E-state index in [1.165, 1.54) is 5.69 Å². The summed E-state index contributed by atoms with van der Waals surface area (Å²) < 4.78 is 5.28. The number of piperazine rings is 1. The van der Waals surface area contributed by atoms with Crippen LogP contribution in [-0.4, -0.2) is 49.2 Å². The molecule has 0 unspecified atom stereocenters. The van der Waals surface area contributed by atoms with Crippen LogP contribution in [0.25, 0.3) is 0 Å². The first-order chi connectivity index (χ1) is 19.1. The van der Waals surface area contributed by atoms with Crippen LogP contribution in [0.1, 0.15) is 27.2 Å². The highest BCUT2D eigenvalue weighted by Gasteiger charge is 2.19. The molecule has 0 aliphatic carbocycles. The standard InChI is InChI=1S/C31H33N5O2S/c1-23-19-29(36-17-15-35(16-18-36)27-11-13-28(38-2)14-12-27)34-31(33-23)39-22-25-9-6-10-26(20-25)30(37)32-21-24-7-4-3-5-8-24/h3-14,19-20H,15-18,21-22H2,1-2H3,(H,32,37). The minimum Gasteiger partial charge on any atom is -0.497 e. The Hall–Kier alpha value is -4.04. The van der Waals surface area contributed by atoms with E-state index in [0.29, 0.717) is 17.9 Å². The number of rotatable bonds is 9. The van der Waals surface area contributed by atoms with Gasteiger partial charge in [-0.2, -0.15) is 0 Å². The molecule has 1 N–H and O–H groups in total. The van der Waals surface area contributed by atoms with Gasteiger partial charge in [-0.15, -0.1) is 0 Å². The number of hydrogen-bond acceptors (Lipinski definition) is 7. The molecule has 0 atom stereocenters. The van der Waals surface area contributed by atoms with Crippen LogP contribution in [0.2, 0.25) is 0 Å². The van der Waals surface area contributed by atoms with Gasteiger partial charge in [0.05, 0.1) is 7.11 Å². The quantitative estimate of drug-likeness (QED) is 0.227. The Kier molecular flexibility index (Phi) is 8.63. The van der Waals surface area contributed by atoms with E-state index in [-0.39, 0.29) is 5.91 Å². The van der Waals surface area contributed by atoms with Crippen molar-refractivity contribution < 1.29 is 9.53 Å².